The topological polar surface area (TPSA) is 55.9 Å². The van der Waals surface area contributed by atoms with Gasteiger partial charge in [0.2, 0.25) is 0 Å². The Balaban J connectivity index is 2.00. The molecule has 2 aliphatic heterocycles. The van der Waals surface area contributed by atoms with Crippen LogP contribution in [0.4, 0.5) is 0 Å². The van der Waals surface area contributed by atoms with Gasteiger partial charge in [-0.2, -0.15) is 17.0 Å². The number of nitrogens with one attached hydrogen (secondary N) is 1. The summed E-state index contributed by atoms with van der Waals surface area (Å²) >= 11 is 0. The minimum atomic E-state index is -3.29. The van der Waals surface area contributed by atoms with E-state index in [2.05, 4.69) is 17.1 Å². The van der Waals surface area contributed by atoms with E-state index in [0.29, 0.717) is 19.6 Å². The molecule has 124 valence electrons. The molecule has 2 rings (SSSR count). The van der Waals surface area contributed by atoms with Crippen molar-refractivity contribution >= 4 is 10.2 Å². The fourth-order valence-electron chi connectivity index (χ4n) is 3.37. The first kappa shape index (κ1) is 17.1. The summed E-state index contributed by atoms with van der Waals surface area (Å²) in [5.74, 6) is 0. The van der Waals surface area contributed by atoms with Gasteiger partial charge in [0, 0.05) is 45.3 Å². The van der Waals surface area contributed by atoms with Gasteiger partial charge in [-0.15, -0.1) is 0 Å². The molecule has 0 spiro atoms. The van der Waals surface area contributed by atoms with Gasteiger partial charge in [0.15, 0.2) is 0 Å². The van der Waals surface area contributed by atoms with Gasteiger partial charge < -0.3 is 10.2 Å². The molecular weight excluding hydrogens is 288 g/mol. The second kappa shape index (κ2) is 7.87. The quantitative estimate of drug-likeness (QED) is 0.767. The number of likely N-dealkylation sites (N-methyl/N-ethyl adjacent to an activating group) is 1. The monoisotopic (exact) mass is 318 g/mol. The van der Waals surface area contributed by atoms with Gasteiger partial charge in [-0.05, 0) is 32.9 Å². The Bertz CT molecular complexity index is 405. The third kappa shape index (κ3) is 4.16. The summed E-state index contributed by atoms with van der Waals surface area (Å²) in [6, 6.07) is 0.113. The van der Waals surface area contributed by atoms with Gasteiger partial charge in [0.1, 0.15) is 0 Å². The summed E-state index contributed by atoms with van der Waals surface area (Å²) in [7, 11) is -1.40. The van der Waals surface area contributed by atoms with Crippen molar-refractivity contribution < 1.29 is 8.42 Å². The van der Waals surface area contributed by atoms with Crippen LogP contribution in [0.5, 0.6) is 0 Å². The van der Waals surface area contributed by atoms with Crippen molar-refractivity contribution in [2.75, 3.05) is 52.9 Å². The minimum absolute atomic E-state index is 0.113. The molecule has 2 aliphatic rings. The Morgan fingerprint density at radius 1 is 1.10 bits per heavy atom. The molecule has 0 aliphatic carbocycles. The molecule has 2 saturated heterocycles. The number of piperazine rings is 1. The lowest BCUT2D eigenvalue weighted by Gasteiger charge is -2.40. The fraction of sp³-hybridized carbons (Fsp3) is 1.00. The lowest BCUT2D eigenvalue weighted by atomic mass is 10.1. The maximum absolute atomic E-state index is 12.9. The summed E-state index contributed by atoms with van der Waals surface area (Å²) < 4.78 is 29.2. The smallest absolute Gasteiger partial charge is 0.282 e. The van der Waals surface area contributed by atoms with Gasteiger partial charge in [0.25, 0.3) is 10.2 Å². The molecule has 2 heterocycles. The van der Waals surface area contributed by atoms with Crippen molar-refractivity contribution in [1.82, 2.24) is 18.8 Å². The first-order valence-corrected chi connectivity index (χ1v) is 9.63. The van der Waals surface area contributed by atoms with Crippen molar-refractivity contribution in [2.45, 2.75) is 38.6 Å². The Morgan fingerprint density at radius 3 is 2.43 bits per heavy atom. The predicted molar refractivity (Wildman–Crippen MR) is 85.5 cm³/mol. The molecule has 1 atom stereocenters. The van der Waals surface area contributed by atoms with Crippen molar-refractivity contribution in [1.29, 1.82) is 0 Å². The van der Waals surface area contributed by atoms with Crippen molar-refractivity contribution in [2.24, 2.45) is 0 Å². The van der Waals surface area contributed by atoms with Gasteiger partial charge in [-0.25, -0.2) is 0 Å². The number of hydrogen-bond acceptors (Lipinski definition) is 4. The molecule has 0 aromatic carbocycles. The molecule has 21 heavy (non-hydrogen) atoms. The SMILES string of the molecule is CCCN1CCN(S(=O)(=O)N2CCCCC2CNC)CC1. The molecular formula is C14H30N4O2S. The summed E-state index contributed by atoms with van der Waals surface area (Å²) in [6.45, 7) is 7.63. The maximum atomic E-state index is 12.9. The normalized spacial score (nSPS) is 27.0. The average molecular weight is 318 g/mol. The van der Waals surface area contributed by atoms with E-state index in [9.17, 15) is 8.42 Å². The number of nitrogens with zero attached hydrogens (tertiary/aromatic N) is 3. The predicted octanol–water partition coefficient (Wildman–Crippen LogP) is 0.333. The maximum Gasteiger partial charge on any atom is 0.282 e. The van der Waals surface area contributed by atoms with E-state index >= 15 is 0 Å². The van der Waals surface area contributed by atoms with Crippen LogP contribution >= 0.6 is 0 Å². The Morgan fingerprint density at radius 2 is 1.81 bits per heavy atom. The molecule has 0 radical (unpaired) electrons. The molecule has 0 saturated carbocycles. The summed E-state index contributed by atoms with van der Waals surface area (Å²) in [5, 5.41) is 3.13. The van der Waals surface area contributed by atoms with E-state index in [4.69, 9.17) is 0 Å². The molecule has 2 fully saturated rings. The zero-order valence-corrected chi connectivity index (χ0v) is 14.2. The highest BCUT2D eigenvalue weighted by Gasteiger charge is 2.37. The van der Waals surface area contributed by atoms with Crippen LogP contribution in [-0.2, 0) is 10.2 Å². The van der Waals surface area contributed by atoms with Crippen LogP contribution in [0.1, 0.15) is 32.6 Å². The fourth-order valence-corrected chi connectivity index (χ4v) is 5.20. The molecule has 1 N–H and O–H groups in total. The second-order valence-electron chi connectivity index (χ2n) is 6.07. The van der Waals surface area contributed by atoms with Crippen LogP contribution in [0.15, 0.2) is 0 Å². The Kier molecular flexibility index (Phi) is 6.43. The van der Waals surface area contributed by atoms with Crippen LogP contribution < -0.4 is 5.32 Å². The summed E-state index contributed by atoms with van der Waals surface area (Å²) in [4.78, 5) is 2.35. The highest BCUT2D eigenvalue weighted by Crippen LogP contribution is 2.23. The lowest BCUT2D eigenvalue weighted by molar-refractivity contribution is 0.169. The molecule has 0 amide bonds. The molecule has 6 nitrogen and oxygen atoms in total. The van der Waals surface area contributed by atoms with Crippen molar-refractivity contribution in [3.8, 4) is 0 Å². The Hall–Kier alpha value is -0.210. The van der Waals surface area contributed by atoms with Crippen LogP contribution in [0, 0.1) is 0 Å². The van der Waals surface area contributed by atoms with Gasteiger partial charge in [0.05, 0.1) is 0 Å². The van der Waals surface area contributed by atoms with Gasteiger partial charge >= 0.3 is 0 Å². The highest BCUT2D eigenvalue weighted by atomic mass is 32.2. The minimum Gasteiger partial charge on any atom is -0.318 e. The lowest BCUT2D eigenvalue weighted by Crippen LogP contribution is -2.57. The van der Waals surface area contributed by atoms with Crippen molar-refractivity contribution in [3.63, 3.8) is 0 Å². The molecule has 0 bridgehead atoms. The van der Waals surface area contributed by atoms with E-state index in [1.807, 2.05) is 7.05 Å². The molecule has 0 aromatic rings. The van der Waals surface area contributed by atoms with Gasteiger partial charge in [-0.3, -0.25) is 0 Å². The number of rotatable bonds is 6. The zero-order valence-electron chi connectivity index (χ0n) is 13.4. The summed E-state index contributed by atoms with van der Waals surface area (Å²) in [6.07, 6.45) is 4.21. The standard InChI is InChI=1S/C14H30N4O2S/c1-3-7-16-9-11-17(12-10-16)21(19,20)18-8-5-4-6-14(18)13-15-2/h14-15H,3-13H2,1-2H3. The zero-order chi connectivity index (χ0) is 15.3. The van der Waals surface area contributed by atoms with E-state index in [1.165, 1.54) is 0 Å². The Labute approximate surface area is 129 Å². The van der Waals surface area contributed by atoms with Crippen LogP contribution in [0.2, 0.25) is 0 Å². The molecule has 1 unspecified atom stereocenters. The van der Waals surface area contributed by atoms with Crippen LogP contribution in [0.25, 0.3) is 0 Å². The summed E-state index contributed by atoms with van der Waals surface area (Å²) in [5.41, 5.74) is 0. The average Bonchev–Trinajstić information content (AvgIpc) is 2.49. The first-order valence-electron chi connectivity index (χ1n) is 8.23. The molecule has 0 aromatic heterocycles. The van der Waals surface area contributed by atoms with E-state index in [1.54, 1.807) is 8.61 Å². The molecule has 7 heteroatoms. The van der Waals surface area contributed by atoms with Crippen LogP contribution in [-0.4, -0.2) is 80.8 Å². The first-order chi connectivity index (χ1) is 10.1. The largest absolute Gasteiger partial charge is 0.318 e. The third-order valence-corrected chi connectivity index (χ3v) is 6.60. The van der Waals surface area contributed by atoms with Gasteiger partial charge in [-0.1, -0.05) is 13.3 Å². The van der Waals surface area contributed by atoms with E-state index < -0.39 is 10.2 Å². The number of hydrogen-bond donors (Lipinski definition) is 1. The van der Waals surface area contributed by atoms with E-state index in [-0.39, 0.29) is 6.04 Å². The van der Waals surface area contributed by atoms with Crippen molar-refractivity contribution in [3.05, 3.63) is 0 Å². The number of piperidine rings is 1. The second-order valence-corrected chi connectivity index (χ2v) is 7.95. The highest BCUT2D eigenvalue weighted by molar-refractivity contribution is 7.86. The van der Waals surface area contributed by atoms with Crippen LogP contribution in [0.3, 0.4) is 0 Å². The van der Waals surface area contributed by atoms with E-state index in [0.717, 1.165) is 51.9 Å². The third-order valence-electron chi connectivity index (χ3n) is 4.51.